The summed E-state index contributed by atoms with van der Waals surface area (Å²) in [6.45, 7) is 4.32. The molecule has 0 heterocycles. The molecule has 0 aromatic heterocycles. The van der Waals surface area contributed by atoms with Gasteiger partial charge >= 0.3 is 0 Å². The Bertz CT molecular complexity index is 173. The van der Waals surface area contributed by atoms with Crippen LogP contribution in [0.1, 0.15) is 26.7 Å². The first-order valence-corrected chi connectivity index (χ1v) is 3.68. The molecular weight excluding hydrogens is 112 g/mol. The van der Waals surface area contributed by atoms with E-state index in [-0.39, 0.29) is 5.41 Å². The van der Waals surface area contributed by atoms with E-state index < -0.39 is 0 Å². The summed E-state index contributed by atoms with van der Waals surface area (Å²) >= 11 is 0. The smallest absolute Gasteiger partial charge is 0.139 e. The lowest BCUT2D eigenvalue weighted by molar-refractivity contribution is -0.127. The van der Waals surface area contributed by atoms with Gasteiger partial charge in [0.2, 0.25) is 0 Å². The molecule has 3 fully saturated rings. The summed E-state index contributed by atoms with van der Waals surface area (Å²) in [5.74, 6) is 1.95. The number of Topliss-reactive ketones (excluding diaryl/α,β-unsaturated/α-hetero) is 1. The molecular formula is C8H12O. The van der Waals surface area contributed by atoms with Crippen molar-refractivity contribution >= 4 is 5.78 Å². The van der Waals surface area contributed by atoms with Crippen LogP contribution >= 0.6 is 0 Å². The van der Waals surface area contributed by atoms with Crippen LogP contribution in [0, 0.1) is 17.3 Å². The van der Waals surface area contributed by atoms with E-state index in [1.807, 2.05) is 0 Å². The van der Waals surface area contributed by atoms with Gasteiger partial charge in [0.15, 0.2) is 0 Å². The second-order valence-corrected chi connectivity index (χ2v) is 3.80. The van der Waals surface area contributed by atoms with Crippen LogP contribution in [-0.4, -0.2) is 5.78 Å². The maximum atomic E-state index is 11.1. The average Bonchev–Trinajstić information content (AvgIpc) is 2.19. The van der Waals surface area contributed by atoms with Crippen molar-refractivity contribution in [3.63, 3.8) is 0 Å². The first-order chi connectivity index (χ1) is 4.14. The minimum absolute atomic E-state index is 0.116. The first kappa shape index (κ1) is 5.45. The standard InChI is InChI=1S/C8H12O/c1-5-6-3-7(9)8(5,2)4-6/h5-6H,3-4H2,1-2H3/t5-,6+,8-/m1/s1. The van der Waals surface area contributed by atoms with Gasteiger partial charge in [0, 0.05) is 11.8 Å². The zero-order valence-electron chi connectivity index (χ0n) is 5.98. The van der Waals surface area contributed by atoms with Crippen molar-refractivity contribution in [3.05, 3.63) is 0 Å². The summed E-state index contributed by atoms with van der Waals surface area (Å²) < 4.78 is 0. The number of carbonyl (C=O) groups excluding carboxylic acids is 1. The largest absolute Gasteiger partial charge is 0.299 e. The average molecular weight is 124 g/mol. The lowest BCUT2D eigenvalue weighted by atomic mass is 9.62. The van der Waals surface area contributed by atoms with Gasteiger partial charge in [-0.2, -0.15) is 0 Å². The normalized spacial score (nSPS) is 55.6. The Morgan fingerprint density at radius 3 is 2.44 bits per heavy atom. The van der Waals surface area contributed by atoms with Crippen molar-refractivity contribution in [2.24, 2.45) is 17.3 Å². The van der Waals surface area contributed by atoms with Crippen molar-refractivity contribution in [1.82, 2.24) is 0 Å². The summed E-state index contributed by atoms with van der Waals surface area (Å²) in [6, 6.07) is 0. The molecule has 0 saturated heterocycles. The van der Waals surface area contributed by atoms with E-state index in [9.17, 15) is 4.79 Å². The second kappa shape index (κ2) is 1.23. The Hall–Kier alpha value is -0.330. The summed E-state index contributed by atoms with van der Waals surface area (Å²) in [5.41, 5.74) is 0.116. The quantitative estimate of drug-likeness (QED) is 0.479. The summed E-state index contributed by atoms with van der Waals surface area (Å²) in [5, 5.41) is 0. The van der Waals surface area contributed by atoms with E-state index in [1.165, 1.54) is 6.42 Å². The molecule has 1 nitrogen and oxygen atoms in total. The number of ketones is 1. The zero-order valence-corrected chi connectivity index (χ0v) is 5.98. The SMILES string of the molecule is C[C@@H]1[C@H]2CC(=O)[C@]1(C)C2. The number of hydrogen-bond acceptors (Lipinski definition) is 1. The van der Waals surface area contributed by atoms with Crippen molar-refractivity contribution < 1.29 is 4.79 Å². The first-order valence-electron chi connectivity index (χ1n) is 3.68. The van der Waals surface area contributed by atoms with Gasteiger partial charge < -0.3 is 0 Å². The summed E-state index contributed by atoms with van der Waals surface area (Å²) in [6.07, 6.45) is 2.05. The fraction of sp³-hybridized carbons (Fsp3) is 0.875. The zero-order chi connectivity index (χ0) is 6.65. The molecule has 0 spiro atoms. The van der Waals surface area contributed by atoms with Crippen LogP contribution in [0.4, 0.5) is 0 Å². The fourth-order valence-electron chi connectivity index (χ4n) is 2.36. The minimum atomic E-state index is 0.116. The second-order valence-electron chi connectivity index (χ2n) is 3.80. The molecule has 3 rings (SSSR count). The van der Waals surface area contributed by atoms with Gasteiger partial charge in [-0.3, -0.25) is 4.79 Å². The van der Waals surface area contributed by atoms with Crippen molar-refractivity contribution in [3.8, 4) is 0 Å². The molecule has 2 bridgehead atoms. The summed E-state index contributed by atoms with van der Waals surface area (Å²) in [7, 11) is 0. The molecule has 0 radical (unpaired) electrons. The van der Waals surface area contributed by atoms with Crippen LogP contribution in [0.5, 0.6) is 0 Å². The molecule has 0 amide bonds. The van der Waals surface area contributed by atoms with Crippen molar-refractivity contribution in [2.45, 2.75) is 26.7 Å². The maximum absolute atomic E-state index is 11.1. The van der Waals surface area contributed by atoms with E-state index in [2.05, 4.69) is 13.8 Å². The molecule has 3 aliphatic carbocycles. The third-order valence-electron chi connectivity index (χ3n) is 3.48. The molecule has 0 N–H and O–H groups in total. The van der Waals surface area contributed by atoms with Crippen LogP contribution in [0.2, 0.25) is 0 Å². The maximum Gasteiger partial charge on any atom is 0.139 e. The molecule has 1 heteroatoms. The molecule has 0 aromatic carbocycles. The lowest BCUT2D eigenvalue weighted by Gasteiger charge is -2.40. The van der Waals surface area contributed by atoms with Crippen LogP contribution in [0.15, 0.2) is 0 Å². The molecule has 50 valence electrons. The molecule has 3 aliphatic rings. The molecule has 0 aliphatic heterocycles. The van der Waals surface area contributed by atoms with Crippen LogP contribution < -0.4 is 0 Å². The Morgan fingerprint density at radius 2 is 2.33 bits per heavy atom. The molecule has 3 saturated carbocycles. The third kappa shape index (κ3) is 0.405. The van der Waals surface area contributed by atoms with Crippen molar-refractivity contribution in [2.75, 3.05) is 0 Å². The minimum Gasteiger partial charge on any atom is -0.299 e. The van der Waals surface area contributed by atoms with Gasteiger partial charge in [-0.1, -0.05) is 13.8 Å². The van der Waals surface area contributed by atoms with Gasteiger partial charge in [0.25, 0.3) is 0 Å². The molecule has 0 unspecified atom stereocenters. The number of fused-ring (bicyclic) bond motifs is 1. The van der Waals surface area contributed by atoms with Crippen LogP contribution in [0.3, 0.4) is 0 Å². The van der Waals surface area contributed by atoms with Gasteiger partial charge in [0.05, 0.1) is 0 Å². The number of carbonyl (C=O) groups is 1. The fourth-order valence-corrected chi connectivity index (χ4v) is 2.36. The Labute approximate surface area is 55.4 Å². The Balaban J connectivity index is 2.35. The molecule has 0 aromatic rings. The Kier molecular flexibility index (Phi) is 0.744. The number of hydrogen-bond donors (Lipinski definition) is 0. The van der Waals surface area contributed by atoms with Gasteiger partial charge in [-0.05, 0) is 18.3 Å². The van der Waals surface area contributed by atoms with E-state index in [4.69, 9.17) is 0 Å². The monoisotopic (exact) mass is 124 g/mol. The highest BCUT2D eigenvalue weighted by molar-refractivity contribution is 5.90. The topological polar surface area (TPSA) is 17.1 Å². The predicted molar refractivity (Wildman–Crippen MR) is 35.0 cm³/mol. The third-order valence-corrected chi connectivity index (χ3v) is 3.48. The lowest BCUT2D eigenvalue weighted by Crippen LogP contribution is -2.38. The summed E-state index contributed by atoms with van der Waals surface area (Å²) in [4.78, 5) is 11.1. The predicted octanol–water partition coefficient (Wildman–Crippen LogP) is 1.62. The van der Waals surface area contributed by atoms with E-state index in [0.29, 0.717) is 11.7 Å². The van der Waals surface area contributed by atoms with Gasteiger partial charge in [0.1, 0.15) is 5.78 Å². The van der Waals surface area contributed by atoms with Crippen molar-refractivity contribution in [1.29, 1.82) is 0 Å². The van der Waals surface area contributed by atoms with E-state index in [1.54, 1.807) is 0 Å². The molecule has 3 atom stereocenters. The molecule has 9 heavy (non-hydrogen) atoms. The highest BCUT2D eigenvalue weighted by atomic mass is 16.1. The van der Waals surface area contributed by atoms with Gasteiger partial charge in [-0.15, -0.1) is 0 Å². The highest BCUT2D eigenvalue weighted by Gasteiger charge is 2.59. The van der Waals surface area contributed by atoms with Crippen LogP contribution in [-0.2, 0) is 4.79 Å². The van der Waals surface area contributed by atoms with Crippen LogP contribution in [0.25, 0.3) is 0 Å². The number of rotatable bonds is 0. The Morgan fingerprint density at radius 1 is 1.67 bits per heavy atom. The van der Waals surface area contributed by atoms with E-state index in [0.717, 1.165) is 12.3 Å². The van der Waals surface area contributed by atoms with Gasteiger partial charge in [-0.25, -0.2) is 0 Å². The van der Waals surface area contributed by atoms with E-state index >= 15 is 0 Å². The highest BCUT2D eigenvalue weighted by Crippen LogP contribution is 2.60.